The first-order chi connectivity index (χ1) is 11.5. The van der Waals surface area contributed by atoms with E-state index in [2.05, 4.69) is 112 Å². The quantitative estimate of drug-likeness (QED) is 0.588. The lowest BCUT2D eigenvalue weighted by Crippen LogP contribution is -2.37. The molecule has 0 heterocycles. The minimum absolute atomic E-state index is 0.245. The zero-order valence-electron chi connectivity index (χ0n) is 14.8. The lowest BCUT2D eigenvalue weighted by molar-refractivity contribution is 0.477. The molecule has 0 N–H and O–H groups in total. The molecule has 0 aromatic heterocycles. The second-order valence-electron chi connectivity index (χ2n) is 7.54. The van der Waals surface area contributed by atoms with E-state index in [0.717, 1.165) is 6.16 Å². The molecule has 0 unspecified atom stereocenters. The summed E-state index contributed by atoms with van der Waals surface area (Å²) < 4.78 is 0. The zero-order valence-corrected chi connectivity index (χ0v) is 15.7. The van der Waals surface area contributed by atoms with Crippen molar-refractivity contribution in [2.45, 2.75) is 20.8 Å². The first-order valence-corrected chi connectivity index (χ1v) is 10.5. The molecule has 0 spiro atoms. The number of rotatable bonds is 4. The maximum absolute atomic E-state index is 2.36. The van der Waals surface area contributed by atoms with Crippen LogP contribution in [0.5, 0.6) is 0 Å². The van der Waals surface area contributed by atoms with E-state index in [-0.39, 0.29) is 5.41 Å². The highest BCUT2D eigenvalue weighted by Crippen LogP contribution is 2.58. The van der Waals surface area contributed by atoms with Crippen LogP contribution in [0.4, 0.5) is 0 Å². The van der Waals surface area contributed by atoms with Crippen molar-refractivity contribution in [1.29, 1.82) is 0 Å². The standard InChI is InChI=1S/C23H26P/c1-23(2,3)19-24(20-13-7-4-8-14-20,21-15-9-5-10-16-21)22-17-11-6-12-18-22/h4-18H,19H2,1-3H3/q+1. The third-order valence-electron chi connectivity index (χ3n) is 4.30. The monoisotopic (exact) mass is 333 g/mol. The molecule has 0 nitrogen and oxygen atoms in total. The Morgan fingerprint density at radius 1 is 0.542 bits per heavy atom. The Morgan fingerprint density at radius 3 is 1.08 bits per heavy atom. The third-order valence-corrected chi connectivity index (χ3v) is 9.26. The average molecular weight is 333 g/mol. The van der Waals surface area contributed by atoms with Gasteiger partial charge in [-0.1, -0.05) is 75.4 Å². The predicted octanol–water partition coefficient (Wildman–Crippen LogP) is 5.03. The fourth-order valence-corrected chi connectivity index (χ4v) is 8.39. The summed E-state index contributed by atoms with van der Waals surface area (Å²) in [5.74, 6) is 0. The smallest absolute Gasteiger partial charge is 0.0620 e. The first-order valence-electron chi connectivity index (χ1n) is 8.57. The molecular formula is C23H26P+. The summed E-state index contributed by atoms with van der Waals surface area (Å²) in [4.78, 5) is 0. The van der Waals surface area contributed by atoms with E-state index in [1.54, 1.807) is 0 Å². The predicted molar refractivity (Wildman–Crippen MR) is 109 cm³/mol. The molecule has 1 heteroatoms. The molecule has 122 valence electrons. The van der Waals surface area contributed by atoms with Crippen molar-refractivity contribution < 1.29 is 0 Å². The van der Waals surface area contributed by atoms with Gasteiger partial charge in [-0.2, -0.15) is 0 Å². The van der Waals surface area contributed by atoms with E-state index in [1.165, 1.54) is 15.9 Å². The molecule has 3 aromatic rings. The summed E-state index contributed by atoms with van der Waals surface area (Å²) in [6.45, 7) is 7.07. The normalized spacial score (nSPS) is 12.1. The van der Waals surface area contributed by atoms with Crippen LogP contribution < -0.4 is 15.9 Å². The Balaban J connectivity index is 2.33. The Labute approximate surface area is 146 Å². The summed E-state index contributed by atoms with van der Waals surface area (Å²) >= 11 is 0. The lowest BCUT2D eigenvalue weighted by Gasteiger charge is -2.33. The van der Waals surface area contributed by atoms with Gasteiger partial charge in [-0.05, 0) is 41.8 Å². The van der Waals surface area contributed by atoms with Gasteiger partial charge in [0.1, 0.15) is 23.2 Å². The fourth-order valence-electron chi connectivity index (χ4n) is 3.48. The van der Waals surface area contributed by atoms with Crippen LogP contribution in [0.2, 0.25) is 0 Å². The van der Waals surface area contributed by atoms with Crippen LogP contribution in [0.1, 0.15) is 20.8 Å². The van der Waals surface area contributed by atoms with E-state index in [1.807, 2.05) is 0 Å². The van der Waals surface area contributed by atoms with Gasteiger partial charge >= 0.3 is 0 Å². The Bertz CT molecular complexity index is 659. The average Bonchev–Trinajstić information content (AvgIpc) is 2.61. The highest BCUT2D eigenvalue weighted by atomic mass is 31.2. The van der Waals surface area contributed by atoms with E-state index in [0.29, 0.717) is 0 Å². The molecule has 0 amide bonds. The third kappa shape index (κ3) is 3.45. The van der Waals surface area contributed by atoms with Crippen LogP contribution in [0, 0.1) is 5.41 Å². The van der Waals surface area contributed by atoms with Crippen LogP contribution in [0.15, 0.2) is 91.0 Å². The molecule has 24 heavy (non-hydrogen) atoms. The van der Waals surface area contributed by atoms with Gasteiger partial charge in [0.15, 0.2) is 0 Å². The van der Waals surface area contributed by atoms with E-state index >= 15 is 0 Å². The van der Waals surface area contributed by atoms with Gasteiger partial charge in [0, 0.05) is 0 Å². The summed E-state index contributed by atoms with van der Waals surface area (Å²) in [7, 11) is -1.67. The van der Waals surface area contributed by atoms with Crippen molar-refractivity contribution in [1.82, 2.24) is 0 Å². The topological polar surface area (TPSA) is 0 Å². The fraction of sp³-hybridized carbons (Fsp3) is 0.217. The van der Waals surface area contributed by atoms with Crippen LogP contribution in [0.3, 0.4) is 0 Å². The van der Waals surface area contributed by atoms with Crippen molar-refractivity contribution in [3.63, 3.8) is 0 Å². The molecule has 0 bridgehead atoms. The first kappa shape index (κ1) is 16.9. The molecule has 0 atom stereocenters. The molecule has 0 saturated carbocycles. The molecule has 3 rings (SSSR count). The Hall–Kier alpha value is -1.91. The lowest BCUT2D eigenvalue weighted by atomic mass is 10.0. The maximum atomic E-state index is 2.36. The van der Waals surface area contributed by atoms with Gasteiger partial charge in [0.05, 0.1) is 6.16 Å². The van der Waals surface area contributed by atoms with Crippen molar-refractivity contribution in [2.75, 3.05) is 6.16 Å². The van der Waals surface area contributed by atoms with Crippen molar-refractivity contribution in [3.05, 3.63) is 91.0 Å². The molecule has 3 aromatic carbocycles. The largest absolute Gasteiger partial charge is 0.112 e. The van der Waals surface area contributed by atoms with Crippen molar-refractivity contribution >= 4 is 23.2 Å². The van der Waals surface area contributed by atoms with Gasteiger partial charge < -0.3 is 0 Å². The van der Waals surface area contributed by atoms with Crippen LogP contribution in [0.25, 0.3) is 0 Å². The minimum Gasteiger partial charge on any atom is -0.0620 e. The van der Waals surface area contributed by atoms with E-state index in [4.69, 9.17) is 0 Å². The van der Waals surface area contributed by atoms with E-state index < -0.39 is 7.26 Å². The van der Waals surface area contributed by atoms with Crippen molar-refractivity contribution in [3.8, 4) is 0 Å². The van der Waals surface area contributed by atoms with Gasteiger partial charge in [-0.25, -0.2) is 0 Å². The van der Waals surface area contributed by atoms with Gasteiger partial charge in [-0.3, -0.25) is 0 Å². The SMILES string of the molecule is CC(C)(C)C[P+](c1ccccc1)(c1ccccc1)c1ccccc1. The molecular weight excluding hydrogens is 307 g/mol. The Morgan fingerprint density at radius 2 is 0.833 bits per heavy atom. The maximum Gasteiger partial charge on any atom is 0.112 e. The zero-order chi connectivity index (χ0) is 17.0. The number of hydrogen-bond acceptors (Lipinski definition) is 0. The van der Waals surface area contributed by atoms with Crippen LogP contribution >= 0.6 is 7.26 Å². The van der Waals surface area contributed by atoms with Gasteiger partial charge in [0.2, 0.25) is 0 Å². The molecule has 0 aliphatic heterocycles. The minimum atomic E-state index is -1.67. The highest BCUT2D eigenvalue weighted by molar-refractivity contribution is 7.95. The van der Waals surface area contributed by atoms with Crippen LogP contribution in [-0.2, 0) is 0 Å². The second-order valence-corrected chi connectivity index (χ2v) is 11.0. The highest BCUT2D eigenvalue weighted by Gasteiger charge is 2.47. The van der Waals surface area contributed by atoms with Crippen LogP contribution in [-0.4, -0.2) is 6.16 Å². The molecule has 0 aliphatic carbocycles. The number of benzene rings is 3. The summed E-state index contributed by atoms with van der Waals surface area (Å²) in [6.07, 6.45) is 1.16. The van der Waals surface area contributed by atoms with Gasteiger partial charge in [-0.15, -0.1) is 0 Å². The Kier molecular flexibility index (Phi) is 4.88. The molecule has 0 saturated heterocycles. The summed E-state index contributed by atoms with van der Waals surface area (Å²) in [5.41, 5.74) is 0.245. The summed E-state index contributed by atoms with van der Waals surface area (Å²) in [6, 6.07) is 33.3. The number of hydrogen-bond donors (Lipinski definition) is 0. The molecule has 0 aliphatic rings. The molecule has 0 fully saturated rings. The van der Waals surface area contributed by atoms with E-state index in [9.17, 15) is 0 Å². The molecule has 0 radical (unpaired) electrons. The van der Waals surface area contributed by atoms with Crippen molar-refractivity contribution in [2.24, 2.45) is 5.41 Å². The summed E-state index contributed by atoms with van der Waals surface area (Å²) in [5, 5.41) is 4.41. The second kappa shape index (κ2) is 6.91. The van der Waals surface area contributed by atoms with Gasteiger partial charge in [0.25, 0.3) is 0 Å².